The second kappa shape index (κ2) is 11.3. The first-order valence-corrected chi connectivity index (χ1v) is 7.48. The van der Waals surface area contributed by atoms with Crippen LogP contribution in [0.25, 0.3) is 0 Å². The highest BCUT2D eigenvalue weighted by atomic mass is 16.5. The Balaban J connectivity index is 3.98. The van der Waals surface area contributed by atoms with Crippen molar-refractivity contribution in [3.8, 4) is 0 Å². The number of esters is 1. The van der Waals surface area contributed by atoms with E-state index in [1.54, 1.807) is 6.92 Å². The average Bonchev–Trinajstić information content (AvgIpc) is 2.34. The third kappa shape index (κ3) is 9.26. The minimum Gasteiger partial charge on any atom is -0.459 e. The van der Waals surface area contributed by atoms with Crippen molar-refractivity contribution in [3.63, 3.8) is 0 Å². The zero-order chi connectivity index (χ0) is 13.8. The van der Waals surface area contributed by atoms with E-state index in [9.17, 15) is 4.79 Å². The van der Waals surface area contributed by atoms with Gasteiger partial charge in [0.05, 0.1) is 0 Å². The van der Waals surface area contributed by atoms with Crippen LogP contribution >= 0.6 is 0 Å². The lowest BCUT2D eigenvalue weighted by molar-refractivity contribution is -0.145. The Bertz CT molecular complexity index is 233. The first-order chi connectivity index (χ1) is 8.61. The van der Waals surface area contributed by atoms with Crippen LogP contribution in [0.15, 0.2) is 12.2 Å². The van der Waals surface area contributed by atoms with Gasteiger partial charge in [0, 0.05) is 5.57 Å². The molecule has 0 aliphatic carbocycles. The van der Waals surface area contributed by atoms with E-state index in [4.69, 9.17) is 4.74 Å². The van der Waals surface area contributed by atoms with Crippen LogP contribution < -0.4 is 0 Å². The lowest BCUT2D eigenvalue weighted by Gasteiger charge is -2.18. The molecule has 0 aromatic heterocycles. The Morgan fingerprint density at radius 2 is 1.50 bits per heavy atom. The molecule has 0 amide bonds. The molecule has 0 rings (SSSR count). The van der Waals surface area contributed by atoms with Gasteiger partial charge in [0.15, 0.2) is 0 Å². The van der Waals surface area contributed by atoms with Crippen molar-refractivity contribution in [1.29, 1.82) is 0 Å². The molecule has 0 saturated heterocycles. The maximum Gasteiger partial charge on any atom is 0.333 e. The van der Waals surface area contributed by atoms with Crippen LogP contribution in [0.3, 0.4) is 0 Å². The van der Waals surface area contributed by atoms with E-state index < -0.39 is 0 Å². The van der Waals surface area contributed by atoms with Crippen molar-refractivity contribution < 1.29 is 9.53 Å². The number of carbonyl (C=O) groups excluding carboxylic acids is 1. The van der Waals surface area contributed by atoms with Crippen LogP contribution in [0.4, 0.5) is 0 Å². The summed E-state index contributed by atoms with van der Waals surface area (Å²) in [5.41, 5.74) is 0.504. The van der Waals surface area contributed by atoms with Gasteiger partial charge in [-0.25, -0.2) is 4.79 Å². The predicted octanol–water partition coefficient (Wildman–Crippen LogP) is 5.03. The van der Waals surface area contributed by atoms with Crippen molar-refractivity contribution >= 4 is 5.97 Å². The van der Waals surface area contributed by atoms with Crippen LogP contribution in [0.5, 0.6) is 0 Å². The molecule has 0 saturated carbocycles. The molecule has 0 aromatic carbocycles. The molecule has 0 aliphatic rings. The molecule has 0 bridgehead atoms. The Hall–Kier alpha value is -0.790. The van der Waals surface area contributed by atoms with Gasteiger partial charge in [-0.1, -0.05) is 52.5 Å². The van der Waals surface area contributed by atoms with E-state index in [2.05, 4.69) is 20.4 Å². The van der Waals surface area contributed by atoms with E-state index in [-0.39, 0.29) is 12.1 Å². The van der Waals surface area contributed by atoms with Crippen molar-refractivity contribution in [3.05, 3.63) is 12.2 Å². The predicted molar refractivity (Wildman–Crippen MR) is 77.6 cm³/mol. The highest BCUT2D eigenvalue weighted by Crippen LogP contribution is 2.16. The summed E-state index contributed by atoms with van der Waals surface area (Å²) in [6.07, 6.45) is 10.6. The van der Waals surface area contributed by atoms with Gasteiger partial charge >= 0.3 is 5.97 Å². The molecular weight excluding hydrogens is 224 g/mol. The minimum absolute atomic E-state index is 0.0950. The number of hydrogen-bond acceptors (Lipinski definition) is 2. The minimum atomic E-state index is -0.230. The summed E-state index contributed by atoms with van der Waals surface area (Å²) >= 11 is 0. The van der Waals surface area contributed by atoms with E-state index >= 15 is 0 Å². The van der Waals surface area contributed by atoms with Gasteiger partial charge in [0.1, 0.15) is 6.10 Å². The zero-order valence-electron chi connectivity index (χ0n) is 12.5. The number of unbranched alkanes of at least 4 members (excludes halogenated alkanes) is 5. The second-order valence-electron chi connectivity index (χ2n) is 5.15. The second-order valence-corrected chi connectivity index (χ2v) is 5.15. The number of carbonyl (C=O) groups is 1. The Labute approximate surface area is 113 Å². The van der Waals surface area contributed by atoms with Gasteiger partial charge in [0.25, 0.3) is 0 Å². The number of rotatable bonds is 11. The van der Waals surface area contributed by atoms with Gasteiger partial charge in [-0.05, 0) is 32.6 Å². The topological polar surface area (TPSA) is 26.3 Å². The Kier molecular flexibility index (Phi) is 10.8. The van der Waals surface area contributed by atoms with E-state index in [0.717, 1.165) is 25.7 Å². The molecular formula is C16H30O2. The molecule has 0 heterocycles. The fourth-order valence-electron chi connectivity index (χ4n) is 1.93. The molecule has 18 heavy (non-hydrogen) atoms. The standard InChI is InChI=1S/C16H30O2/c1-5-7-9-11-13-15(12-10-8-6-2)18-16(17)14(3)4/h15H,3,5-13H2,1-2,4H3. The molecule has 2 heteroatoms. The zero-order valence-corrected chi connectivity index (χ0v) is 12.5. The van der Waals surface area contributed by atoms with Crippen molar-refractivity contribution in [2.75, 3.05) is 0 Å². The highest BCUT2D eigenvalue weighted by molar-refractivity contribution is 5.87. The molecule has 106 valence electrons. The maximum absolute atomic E-state index is 11.6. The Morgan fingerprint density at radius 1 is 1.00 bits per heavy atom. The fourth-order valence-corrected chi connectivity index (χ4v) is 1.93. The number of ether oxygens (including phenoxy) is 1. The third-order valence-corrected chi connectivity index (χ3v) is 3.13. The molecule has 2 nitrogen and oxygen atoms in total. The first-order valence-electron chi connectivity index (χ1n) is 7.48. The van der Waals surface area contributed by atoms with E-state index in [0.29, 0.717) is 5.57 Å². The van der Waals surface area contributed by atoms with Crippen LogP contribution in [-0.4, -0.2) is 12.1 Å². The van der Waals surface area contributed by atoms with Gasteiger partial charge in [-0.2, -0.15) is 0 Å². The van der Waals surface area contributed by atoms with Gasteiger partial charge in [-0.3, -0.25) is 0 Å². The molecule has 1 unspecified atom stereocenters. The average molecular weight is 254 g/mol. The normalized spacial score (nSPS) is 12.2. The van der Waals surface area contributed by atoms with Gasteiger partial charge in [0.2, 0.25) is 0 Å². The van der Waals surface area contributed by atoms with Gasteiger partial charge in [-0.15, -0.1) is 0 Å². The summed E-state index contributed by atoms with van der Waals surface area (Å²) < 4.78 is 5.50. The molecule has 0 fully saturated rings. The van der Waals surface area contributed by atoms with Gasteiger partial charge < -0.3 is 4.74 Å². The van der Waals surface area contributed by atoms with Crippen molar-refractivity contribution in [2.45, 2.75) is 84.7 Å². The van der Waals surface area contributed by atoms with E-state index in [1.807, 2.05) is 0 Å². The first kappa shape index (κ1) is 17.2. The van der Waals surface area contributed by atoms with Crippen LogP contribution in [-0.2, 0) is 9.53 Å². The summed E-state index contributed by atoms with van der Waals surface area (Å²) in [5.74, 6) is -0.230. The quantitative estimate of drug-likeness (QED) is 0.294. The summed E-state index contributed by atoms with van der Waals surface area (Å²) in [6, 6.07) is 0. The van der Waals surface area contributed by atoms with Crippen LogP contribution in [0, 0.1) is 0 Å². The van der Waals surface area contributed by atoms with Crippen molar-refractivity contribution in [2.24, 2.45) is 0 Å². The SMILES string of the molecule is C=C(C)C(=O)OC(CCCCC)CCCCCC. The molecule has 0 aliphatic heterocycles. The summed E-state index contributed by atoms with van der Waals surface area (Å²) in [7, 11) is 0. The lowest BCUT2D eigenvalue weighted by atomic mass is 10.0. The largest absolute Gasteiger partial charge is 0.459 e. The van der Waals surface area contributed by atoms with Crippen LogP contribution in [0.1, 0.15) is 78.6 Å². The molecule has 0 spiro atoms. The van der Waals surface area contributed by atoms with E-state index in [1.165, 1.54) is 32.1 Å². The third-order valence-electron chi connectivity index (χ3n) is 3.13. The van der Waals surface area contributed by atoms with Crippen LogP contribution in [0.2, 0.25) is 0 Å². The molecule has 1 atom stereocenters. The lowest BCUT2D eigenvalue weighted by Crippen LogP contribution is -2.18. The van der Waals surface area contributed by atoms with Crippen molar-refractivity contribution in [1.82, 2.24) is 0 Å². The summed E-state index contributed by atoms with van der Waals surface area (Å²) in [5, 5.41) is 0. The molecule has 0 N–H and O–H groups in total. The summed E-state index contributed by atoms with van der Waals surface area (Å²) in [6.45, 7) is 9.75. The maximum atomic E-state index is 11.6. The summed E-state index contributed by atoms with van der Waals surface area (Å²) in [4.78, 5) is 11.6. The molecule has 0 radical (unpaired) electrons. The Morgan fingerprint density at radius 3 is 2.00 bits per heavy atom. The molecule has 0 aromatic rings. The highest BCUT2D eigenvalue weighted by Gasteiger charge is 2.14. The fraction of sp³-hybridized carbons (Fsp3) is 0.812. The number of hydrogen-bond donors (Lipinski definition) is 0. The monoisotopic (exact) mass is 254 g/mol. The smallest absolute Gasteiger partial charge is 0.333 e.